The highest BCUT2D eigenvalue weighted by molar-refractivity contribution is 6.39. The van der Waals surface area contributed by atoms with Crippen molar-refractivity contribution in [3.8, 4) is 5.75 Å². The molecule has 160 valence electrons. The fourth-order valence-electron chi connectivity index (χ4n) is 4.23. The zero-order chi connectivity index (χ0) is 21.6. The third-order valence-corrected chi connectivity index (χ3v) is 5.78. The average Bonchev–Trinajstić information content (AvgIpc) is 3.34. The van der Waals surface area contributed by atoms with E-state index >= 15 is 0 Å². The van der Waals surface area contributed by atoms with Gasteiger partial charge in [0.25, 0.3) is 0 Å². The molecule has 6 heteroatoms. The second kappa shape index (κ2) is 9.62. The van der Waals surface area contributed by atoms with Gasteiger partial charge in [-0.15, -0.1) is 0 Å². The molecule has 2 amide bonds. The van der Waals surface area contributed by atoms with E-state index in [0.717, 1.165) is 25.9 Å². The van der Waals surface area contributed by atoms with E-state index in [4.69, 9.17) is 4.74 Å². The van der Waals surface area contributed by atoms with Gasteiger partial charge in [-0.25, -0.2) is 0 Å². The molecule has 1 aliphatic heterocycles. The standard InChI is InChI=1S/C25H27N3O3/c1-31-23-14-5-4-13-21(23)27-25(30)24(29)26-17-22(28-15-6-7-16-28)20-12-8-10-18-9-2-3-11-19(18)20/h2-5,8-14,22H,6-7,15-17H2,1H3,(H,26,29)(H,27,30)/t22-/m1/s1. The first kappa shape index (κ1) is 20.9. The Morgan fingerprint density at radius 2 is 1.65 bits per heavy atom. The number of fused-ring (bicyclic) bond motifs is 1. The highest BCUT2D eigenvalue weighted by Gasteiger charge is 2.26. The summed E-state index contributed by atoms with van der Waals surface area (Å²) in [5.74, 6) is -0.854. The first-order valence-corrected chi connectivity index (χ1v) is 10.6. The summed E-state index contributed by atoms with van der Waals surface area (Å²) in [7, 11) is 1.52. The number of anilines is 1. The van der Waals surface area contributed by atoms with Crippen molar-refractivity contribution in [3.63, 3.8) is 0 Å². The van der Waals surface area contributed by atoms with Crippen molar-refractivity contribution in [1.29, 1.82) is 0 Å². The highest BCUT2D eigenvalue weighted by atomic mass is 16.5. The van der Waals surface area contributed by atoms with E-state index in [0.29, 0.717) is 18.0 Å². The van der Waals surface area contributed by atoms with Crippen LogP contribution in [0.4, 0.5) is 5.69 Å². The molecule has 3 aromatic rings. The van der Waals surface area contributed by atoms with Crippen LogP contribution in [0.5, 0.6) is 5.75 Å². The van der Waals surface area contributed by atoms with E-state index in [1.165, 1.54) is 23.4 Å². The number of methoxy groups -OCH3 is 1. The summed E-state index contributed by atoms with van der Waals surface area (Å²) < 4.78 is 5.24. The molecule has 31 heavy (non-hydrogen) atoms. The third-order valence-electron chi connectivity index (χ3n) is 5.78. The lowest BCUT2D eigenvalue weighted by atomic mass is 9.97. The predicted octanol–water partition coefficient (Wildman–Crippen LogP) is 3.74. The first-order chi connectivity index (χ1) is 15.2. The van der Waals surface area contributed by atoms with Gasteiger partial charge < -0.3 is 15.4 Å². The topological polar surface area (TPSA) is 70.7 Å². The van der Waals surface area contributed by atoms with Crippen molar-refractivity contribution in [2.45, 2.75) is 18.9 Å². The Morgan fingerprint density at radius 1 is 0.935 bits per heavy atom. The molecule has 1 heterocycles. The number of hydrogen-bond donors (Lipinski definition) is 2. The van der Waals surface area contributed by atoms with Gasteiger partial charge in [-0.1, -0.05) is 54.6 Å². The van der Waals surface area contributed by atoms with Crippen molar-refractivity contribution >= 4 is 28.3 Å². The molecule has 0 spiro atoms. The van der Waals surface area contributed by atoms with Crippen molar-refractivity contribution in [3.05, 3.63) is 72.3 Å². The van der Waals surface area contributed by atoms with Crippen LogP contribution in [-0.4, -0.2) is 43.5 Å². The van der Waals surface area contributed by atoms with Gasteiger partial charge in [0.05, 0.1) is 18.8 Å². The normalized spacial score (nSPS) is 14.9. The van der Waals surface area contributed by atoms with E-state index < -0.39 is 11.8 Å². The van der Waals surface area contributed by atoms with Gasteiger partial charge in [0, 0.05) is 6.54 Å². The molecular formula is C25H27N3O3. The summed E-state index contributed by atoms with van der Waals surface area (Å²) in [6.07, 6.45) is 2.28. The molecule has 2 N–H and O–H groups in total. The lowest BCUT2D eigenvalue weighted by Gasteiger charge is -2.29. The summed E-state index contributed by atoms with van der Waals surface area (Å²) in [6, 6.07) is 21.6. The van der Waals surface area contributed by atoms with Gasteiger partial charge in [-0.05, 0) is 54.4 Å². The summed E-state index contributed by atoms with van der Waals surface area (Å²) in [5, 5.41) is 7.83. The van der Waals surface area contributed by atoms with Crippen LogP contribution in [0.15, 0.2) is 66.7 Å². The monoisotopic (exact) mass is 417 g/mol. The van der Waals surface area contributed by atoms with E-state index in [1.54, 1.807) is 24.3 Å². The Morgan fingerprint density at radius 3 is 2.45 bits per heavy atom. The molecule has 1 aliphatic rings. The minimum atomic E-state index is -0.706. The number of hydrogen-bond acceptors (Lipinski definition) is 4. The molecule has 3 aromatic carbocycles. The number of benzene rings is 3. The quantitative estimate of drug-likeness (QED) is 0.600. The molecule has 0 unspecified atom stereocenters. The van der Waals surface area contributed by atoms with Gasteiger partial charge in [0.15, 0.2) is 0 Å². The van der Waals surface area contributed by atoms with Crippen molar-refractivity contribution in [2.24, 2.45) is 0 Å². The van der Waals surface area contributed by atoms with Crippen LogP contribution >= 0.6 is 0 Å². The van der Waals surface area contributed by atoms with E-state index in [-0.39, 0.29) is 6.04 Å². The van der Waals surface area contributed by atoms with Gasteiger partial charge in [0.2, 0.25) is 0 Å². The predicted molar refractivity (Wildman–Crippen MR) is 122 cm³/mol. The Labute approximate surface area is 182 Å². The second-order valence-corrected chi connectivity index (χ2v) is 7.69. The minimum absolute atomic E-state index is 0.0108. The second-order valence-electron chi connectivity index (χ2n) is 7.69. The summed E-state index contributed by atoms with van der Waals surface area (Å²) >= 11 is 0. The molecule has 0 radical (unpaired) electrons. The summed E-state index contributed by atoms with van der Waals surface area (Å²) in [6.45, 7) is 2.33. The van der Waals surface area contributed by atoms with Crippen LogP contribution in [0.1, 0.15) is 24.4 Å². The van der Waals surface area contributed by atoms with Gasteiger partial charge in [-0.3, -0.25) is 14.5 Å². The van der Waals surface area contributed by atoms with Crippen LogP contribution in [0.25, 0.3) is 10.8 Å². The number of para-hydroxylation sites is 2. The fraction of sp³-hybridized carbons (Fsp3) is 0.280. The van der Waals surface area contributed by atoms with Gasteiger partial charge >= 0.3 is 11.8 Å². The maximum atomic E-state index is 12.6. The van der Waals surface area contributed by atoms with E-state index in [9.17, 15) is 9.59 Å². The highest BCUT2D eigenvalue weighted by Crippen LogP contribution is 2.30. The number of likely N-dealkylation sites (tertiary alicyclic amines) is 1. The average molecular weight is 418 g/mol. The van der Waals surface area contributed by atoms with Crippen molar-refractivity contribution in [2.75, 3.05) is 32.1 Å². The van der Waals surface area contributed by atoms with E-state index in [1.807, 2.05) is 12.1 Å². The summed E-state index contributed by atoms with van der Waals surface area (Å²) in [5.41, 5.74) is 1.64. The molecule has 6 nitrogen and oxygen atoms in total. The Bertz CT molecular complexity index is 1070. The Kier molecular flexibility index (Phi) is 6.48. The lowest BCUT2D eigenvalue weighted by Crippen LogP contribution is -2.41. The molecule has 0 aliphatic carbocycles. The fourth-order valence-corrected chi connectivity index (χ4v) is 4.23. The zero-order valence-corrected chi connectivity index (χ0v) is 17.6. The van der Waals surface area contributed by atoms with Crippen LogP contribution in [0.2, 0.25) is 0 Å². The zero-order valence-electron chi connectivity index (χ0n) is 17.6. The number of rotatable bonds is 6. The maximum absolute atomic E-state index is 12.6. The Balaban J connectivity index is 1.50. The maximum Gasteiger partial charge on any atom is 0.313 e. The summed E-state index contributed by atoms with van der Waals surface area (Å²) in [4.78, 5) is 27.4. The number of ether oxygens (including phenoxy) is 1. The van der Waals surface area contributed by atoms with Crippen LogP contribution < -0.4 is 15.4 Å². The first-order valence-electron chi connectivity index (χ1n) is 10.6. The third kappa shape index (κ3) is 4.70. The SMILES string of the molecule is COc1ccccc1NC(=O)C(=O)NC[C@H](c1cccc2ccccc12)N1CCCC1. The molecule has 0 bridgehead atoms. The van der Waals surface area contributed by atoms with Crippen LogP contribution in [0, 0.1) is 0 Å². The lowest BCUT2D eigenvalue weighted by molar-refractivity contribution is -0.136. The largest absolute Gasteiger partial charge is 0.495 e. The van der Waals surface area contributed by atoms with Gasteiger partial charge in [0.1, 0.15) is 5.75 Å². The smallest absolute Gasteiger partial charge is 0.313 e. The molecule has 4 rings (SSSR count). The molecule has 0 saturated carbocycles. The minimum Gasteiger partial charge on any atom is -0.495 e. The van der Waals surface area contributed by atoms with Crippen LogP contribution in [0.3, 0.4) is 0 Å². The number of carbonyl (C=O) groups is 2. The Hall–Kier alpha value is -3.38. The molecular weight excluding hydrogens is 390 g/mol. The van der Waals surface area contributed by atoms with Crippen molar-refractivity contribution < 1.29 is 14.3 Å². The number of amides is 2. The van der Waals surface area contributed by atoms with Crippen molar-refractivity contribution in [1.82, 2.24) is 10.2 Å². The molecule has 0 aromatic heterocycles. The molecule has 1 fully saturated rings. The molecule has 1 saturated heterocycles. The number of nitrogens with zero attached hydrogens (tertiary/aromatic N) is 1. The van der Waals surface area contributed by atoms with Crippen LogP contribution in [-0.2, 0) is 9.59 Å². The molecule has 1 atom stereocenters. The van der Waals surface area contributed by atoms with Gasteiger partial charge in [-0.2, -0.15) is 0 Å². The number of nitrogens with one attached hydrogen (secondary N) is 2. The number of carbonyl (C=O) groups excluding carboxylic acids is 2. The van der Waals surface area contributed by atoms with E-state index in [2.05, 4.69) is 45.9 Å².